The molecule has 0 saturated heterocycles. The Morgan fingerprint density at radius 2 is 1.92 bits per heavy atom. The maximum atomic E-state index is 10.6. The first-order valence-corrected chi connectivity index (χ1v) is 3.50. The van der Waals surface area contributed by atoms with E-state index >= 15 is 0 Å². The summed E-state index contributed by atoms with van der Waals surface area (Å²) in [5, 5.41) is 10.9. The number of carboxylic acids is 1. The fourth-order valence-corrected chi connectivity index (χ4v) is 0.911. The minimum Gasteiger partial charge on any atom is -0.478 e. The Kier molecular flexibility index (Phi) is 2.49. The number of primary amides is 1. The number of benzene rings is 1. The zero-order chi connectivity index (χ0) is 9.84. The van der Waals surface area contributed by atoms with Crippen molar-refractivity contribution in [3.8, 4) is 0 Å². The summed E-state index contributed by atoms with van der Waals surface area (Å²) in [5.41, 5.74) is 5.06. The van der Waals surface area contributed by atoms with Gasteiger partial charge in [0, 0.05) is 0 Å². The zero-order valence-electron chi connectivity index (χ0n) is 6.65. The van der Waals surface area contributed by atoms with Crippen LogP contribution in [0.5, 0.6) is 0 Å². The van der Waals surface area contributed by atoms with Crippen LogP contribution in [-0.4, -0.2) is 17.1 Å². The second-order valence-corrected chi connectivity index (χ2v) is 2.34. The third kappa shape index (κ3) is 2.19. The highest BCUT2D eigenvalue weighted by Crippen LogP contribution is 2.13. The van der Waals surface area contributed by atoms with Crippen LogP contribution in [0.3, 0.4) is 0 Å². The second-order valence-electron chi connectivity index (χ2n) is 2.34. The molecular weight excluding hydrogens is 172 g/mol. The minimum atomic E-state index is -1.11. The van der Waals surface area contributed by atoms with Crippen molar-refractivity contribution in [3.05, 3.63) is 29.8 Å². The quantitative estimate of drug-likeness (QED) is 0.630. The molecule has 0 saturated carbocycles. The molecule has 0 aliphatic rings. The molecule has 0 bridgehead atoms. The second kappa shape index (κ2) is 3.57. The lowest BCUT2D eigenvalue weighted by atomic mass is 10.2. The number of aromatic carboxylic acids is 1. The van der Waals surface area contributed by atoms with E-state index in [1.807, 2.05) is 0 Å². The van der Waals surface area contributed by atoms with Gasteiger partial charge in [0.25, 0.3) is 0 Å². The molecule has 13 heavy (non-hydrogen) atoms. The fourth-order valence-electron chi connectivity index (χ4n) is 0.911. The summed E-state index contributed by atoms with van der Waals surface area (Å²) < 4.78 is 0. The molecule has 4 N–H and O–H groups in total. The molecule has 0 aliphatic heterocycles. The molecule has 5 nitrogen and oxygen atoms in total. The van der Waals surface area contributed by atoms with Gasteiger partial charge in [-0.1, -0.05) is 12.1 Å². The first kappa shape index (κ1) is 9.05. The number of carbonyl (C=O) groups excluding carboxylic acids is 1. The monoisotopic (exact) mass is 180 g/mol. The van der Waals surface area contributed by atoms with Gasteiger partial charge in [-0.05, 0) is 12.1 Å². The van der Waals surface area contributed by atoms with E-state index in [1.165, 1.54) is 12.1 Å². The van der Waals surface area contributed by atoms with Crippen LogP contribution in [0.2, 0.25) is 0 Å². The lowest BCUT2D eigenvalue weighted by molar-refractivity contribution is 0.0698. The van der Waals surface area contributed by atoms with Crippen LogP contribution in [-0.2, 0) is 0 Å². The van der Waals surface area contributed by atoms with Gasteiger partial charge in [0.2, 0.25) is 0 Å². The van der Waals surface area contributed by atoms with Crippen LogP contribution in [0, 0.1) is 0 Å². The van der Waals surface area contributed by atoms with E-state index < -0.39 is 12.0 Å². The Hall–Kier alpha value is -2.04. The molecule has 1 rings (SSSR count). The Morgan fingerprint density at radius 3 is 2.46 bits per heavy atom. The van der Waals surface area contributed by atoms with Gasteiger partial charge in [0.05, 0.1) is 11.3 Å². The molecule has 1 aromatic rings. The highest BCUT2D eigenvalue weighted by molar-refractivity contribution is 5.99. The topological polar surface area (TPSA) is 92.4 Å². The van der Waals surface area contributed by atoms with Gasteiger partial charge < -0.3 is 16.2 Å². The minimum absolute atomic E-state index is 0.0151. The molecule has 68 valence electrons. The summed E-state index contributed by atoms with van der Waals surface area (Å²) in [7, 11) is 0. The van der Waals surface area contributed by atoms with E-state index in [9.17, 15) is 9.59 Å². The van der Waals surface area contributed by atoms with Crippen molar-refractivity contribution in [1.82, 2.24) is 0 Å². The summed E-state index contributed by atoms with van der Waals surface area (Å²) >= 11 is 0. The van der Waals surface area contributed by atoms with Gasteiger partial charge in [-0.15, -0.1) is 0 Å². The number of nitrogens with one attached hydrogen (secondary N) is 1. The molecule has 0 atom stereocenters. The van der Waals surface area contributed by atoms with E-state index in [0.29, 0.717) is 0 Å². The summed E-state index contributed by atoms with van der Waals surface area (Å²) in [6.45, 7) is 0. The summed E-state index contributed by atoms with van der Waals surface area (Å²) in [6, 6.07) is 5.24. The standard InChI is InChI=1S/C8H8N2O3/c9-8(13)10-6-4-2-1-3-5(6)7(11)12/h1-4H,(H,11,12)(H3,9,10,13). The number of carboxylic acid groups (broad SMARTS) is 1. The molecule has 5 heteroatoms. The van der Waals surface area contributed by atoms with E-state index in [-0.39, 0.29) is 11.3 Å². The van der Waals surface area contributed by atoms with E-state index in [0.717, 1.165) is 0 Å². The van der Waals surface area contributed by atoms with Gasteiger partial charge >= 0.3 is 12.0 Å². The Labute approximate surface area is 74.2 Å². The molecule has 2 amide bonds. The van der Waals surface area contributed by atoms with Crippen LogP contribution >= 0.6 is 0 Å². The number of amides is 2. The predicted molar refractivity (Wildman–Crippen MR) is 46.6 cm³/mol. The third-order valence-corrected chi connectivity index (χ3v) is 1.42. The smallest absolute Gasteiger partial charge is 0.337 e. The zero-order valence-corrected chi connectivity index (χ0v) is 6.65. The molecule has 0 heterocycles. The van der Waals surface area contributed by atoms with Gasteiger partial charge in [0.1, 0.15) is 0 Å². The maximum absolute atomic E-state index is 10.6. The molecule has 0 fully saturated rings. The number of rotatable bonds is 2. The van der Waals surface area contributed by atoms with Crippen molar-refractivity contribution in [2.45, 2.75) is 0 Å². The highest BCUT2D eigenvalue weighted by atomic mass is 16.4. The number of nitrogens with two attached hydrogens (primary N) is 1. The van der Waals surface area contributed by atoms with Gasteiger partial charge in [-0.3, -0.25) is 0 Å². The van der Waals surface area contributed by atoms with Crippen molar-refractivity contribution < 1.29 is 14.7 Å². The molecule has 0 radical (unpaired) electrons. The van der Waals surface area contributed by atoms with Crippen molar-refractivity contribution in [2.75, 3.05) is 5.32 Å². The largest absolute Gasteiger partial charge is 0.478 e. The molecule has 1 aromatic carbocycles. The van der Waals surface area contributed by atoms with E-state index in [4.69, 9.17) is 10.8 Å². The normalized spacial score (nSPS) is 9.23. The lowest BCUT2D eigenvalue weighted by Crippen LogP contribution is -2.20. The predicted octanol–water partition coefficient (Wildman–Crippen LogP) is 0.875. The summed E-state index contributed by atoms with van der Waals surface area (Å²) in [6.07, 6.45) is 0. The van der Waals surface area contributed by atoms with Crippen molar-refractivity contribution >= 4 is 17.7 Å². The number of urea groups is 1. The van der Waals surface area contributed by atoms with E-state index in [2.05, 4.69) is 5.32 Å². The summed E-state index contributed by atoms with van der Waals surface area (Å²) in [5.74, 6) is -1.11. The van der Waals surface area contributed by atoms with E-state index in [1.54, 1.807) is 12.1 Å². The average molecular weight is 180 g/mol. The number of carbonyl (C=O) groups is 2. The number of anilines is 1. The van der Waals surface area contributed by atoms with Crippen LogP contribution in [0.1, 0.15) is 10.4 Å². The first-order valence-electron chi connectivity index (χ1n) is 3.50. The van der Waals surface area contributed by atoms with Crippen LogP contribution in [0.25, 0.3) is 0 Å². The molecule has 0 spiro atoms. The Bertz CT molecular complexity index is 349. The van der Waals surface area contributed by atoms with Gasteiger partial charge in [0.15, 0.2) is 0 Å². The Balaban J connectivity index is 3.04. The van der Waals surface area contributed by atoms with Gasteiger partial charge in [-0.2, -0.15) is 0 Å². The van der Waals surface area contributed by atoms with Crippen molar-refractivity contribution in [2.24, 2.45) is 5.73 Å². The average Bonchev–Trinajstić information content (AvgIpc) is 2.03. The molecule has 0 aromatic heterocycles. The van der Waals surface area contributed by atoms with Crippen LogP contribution in [0.4, 0.5) is 10.5 Å². The molecule has 0 aliphatic carbocycles. The SMILES string of the molecule is NC(=O)Nc1ccccc1C(=O)O. The number of hydrogen-bond acceptors (Lipinski definition) is 2. The van der Waals surface area contributed by atoms with Crippen LogP contribution < -0.4 is 11.1 Å². The molecular formula is C8H8N2O3. The number of para-hydroxylation sites is 1. The lowest BCUT2D eigenvalue weighted by Gasteiger charge is -2.04. The third-order valence-electron chi connectivity index (χ3n) is 1.42. The molecule has 0 unspecified atom stereocenters. The maximum Gasteiger partial charge on any atom is 0.337 e. The Morgan fingerprint density at radius 1 is 1.31 bits per heavy atom. The van der Waals surface area contributed by atoms with Crippen LogP contribution in [0.15, 0.2) is 24.3 Å². The summed E-state index contributed by atoms with van der Waals surface area (Å²) in [4.78, 5) is 21.1. The number of hydrogen-bond donors (Lipinski definition) is 3. The van der Waals surface area contributed by atoms with Crippen molar-refractivity contribution in [3.63, 3.8) is 0 Å². The van der Waals surface area contributed by atoms with Crippen molar-refractivity contribution in [1.29, 1.82) is 0 Å². The fraction of sp³-hybridized carbons (Fsp3) is 0. The van der Waals surface area contributed by atoms with Gasteiger partial charge in [-0.25, -0.2) is 9.59 Å². The first-order chi connectivity index (χ1) is 6.11. The highest BCUT2D eigenvalue weighted by Gasteiger charge is 2.09.